The summed E-state index contributed by atoms with van der Waals surface area (Å²) >= 11 is 0. The minimum Gasteiger partial charge on any atom is -0.466 e. The highest BCUT2D eigenvalue weighted by Gasteiger charge is 2.13. The average Bonchev–Trinajstić information content (AvgIpc) is 2.30. The summed E-state index contributed by atoms with van der Waals surface area (Å²) in [5.41, 5.74) is 0. The topological polar surface area (TPSA) is 55.8 Å². The van der Waals surface area contributed by atoms with Gasteiger partial charge in [0.05, 0.1) is 7.11 Å². The average molecular weight is 257 g/mol. The number of hydrogen-bond acceptors (Lipinski definition) is 5. The number of rotatable bonds is 7. The monoisotopic (exact) mass is 257 g/mol. The van der Waals surface area contributed by atoms with Gasteiger partial charge in [-0.3, -0.25) is 4.90 Å². The lowest BCUT2D eigenvalue weighted by Gasteiger charge is -2.29. The molecule has 0 saturated carbocycles. The van der Waals surface area contributed by atoms with Gasteiger partial charge in [0.1, 0.15) is 6.61 Å². The quantitative estimate of drug-likeness (QED) is 0.509. The van der Waals surface area contributed by atoms with E-state index in [0.29, 0.717) is 25.2 Å². The summed E-state index contributed by atoms with van der Waals surface area (Å²) < 4.78 is 9.36. The van der Waals surface area contributed by atoms with Gasteiger partial charge >= 0.3 is 11.9 Å². The molecule has 5 heteroatoms. The van der Waals surface area contributed by atoms with E-state index in [1.165, 1.54) is 7.11 Å². The molecule has 5 nitrogen and oxygen atoms in total. The number of carbonyl (C=O) groups excluding carboxylic acids is 2. The van der Waals surface area contributed by atoms with Crippen molar-refractivity contribution in [2.24, 2.45) is 0 Å². The van der Waals surface area contributed by atoms with Crippen molar-refractivity contribution in [2.75, 3.05) is 20.3 Å². The lowest BCUT2D eigenvalue weighted by molar-refractivity contribution is -0.139. The van der Waals surface area contributed by atoms with Crippen molar-refractivity contribution in [3.63, 3.8) is 0 Å². The van der Waals surface area contributed by atoms with Crippen molar-refractivity contribution >= 4 is 11.9 Å². The summed E-state index contributed by atoms with van der Waals surface area (Å²) in [4.78, 5) is 24.2. The fraction of sp³-hybridized carbons (Fsp3) is 0.692. The highest BCUT2D eigenvalue weighted by Crippen LogP contribution is 2.04. The van der Waals surface area contributed by atoms with Crippen molar-refractivity contribution < 1.29 is 19.1 Å². The molecule has 18 heavy (non-hydrogen) atoms. The fourth-order valence-corrected chi connectivity index (χ4v) is 1.62. The summed E-state index contributed by atoms with van der Waals surface area (Å²) in [5.74, 6) is -1.11. The highest BCUT2D eigenvalue weighted by molar-refractivity contribution is 5.91. The van der Waals surface area contributed by atoms with E-state index in [4.69, 9.17) is 4.74 Å². The van der Waals surface area contributed by atoms with Gasteiger partial charge in [-0.1, -0.05) is 0 Å². The van der Waals surface area contributed by atoms with Crippen LogP contribution in [0.25, 0.3) is 0 Å². The first-order chi connectivity index (χ1) is 8.38. The van der Waals surface area contributed by atoms with Crippen LogP contribution in [0.5, 0.6) is 0 Å². The van der Waals surface area contributed by atoms with Gasteiger partial charge in [0, 0.05) is 30.8 Å². The van der Waals surface area contributed by atoms with Gasteiger partial charge in [0.25, 0.3) is 0 Å². The van der Waals surface area contributed by atoms with Gasteiger partial charge in [-0.05, 0) is 27.7 Å². The molecular weight excluding hydrogens is 234 g/mol. The zero-order valence-electron chi connectivity index (χ0n) is 11.8. The number of methoxy groups -OCH3 is 1. The lowest BCUT2D eigenvalue weighted by atomic mass is 10.2. The molecule has 0 atom stereocenters. The molecule has 0 aromatic rings. The van der Waals surface area contributed by atoms with Crippen molar-refractivity contribution in [1.82, 2.24) is 4.90 Å². The predicted octanol–water partition coefficient (Wildman–Crippen LogP) is 1.38. The number of hydrogen-bond donors (Lipinski definition) is 0. The van der Waals surface area contributed by atoms with Crippen molar-refractivity contribution in [1.29, 1.82) is 0 Å². The standard InChI is InChI=1S/C13H23NO4/c1-10(2)14(11(3)4)8-9-18-13(16)7-6-12(15)17-5/h6-7,10-11H,8-9H2,1-5H3/b7-6+. The zero-order valence-corrected chi connectivity index (χ0v) is 11.8. The summed E-state index contributed by atoms with van der Waals surface area (Å²) in [6, 6.07) is 0.795. The van der Waals surface area contributed by atoms with E-state index in [1.54, 1.807) is 0 Å². The van der Waals surface area contributed by atoms with E-state index in [1.807, 2.05) is 0 Å². The third-order valence-corrected chi connectivity index (χ3v) is 2.48. The first-order valence-corrected chi connectivity index (χ1v) is 6.07. The van der Waals surface area contributed by atoms with Crippen LogP contribution in [0, 0.1) is 0 Å². The zero-order chi connectivity index (χ0) is 14.1. The Hall–Kier alpha value is -1.36. The molecule has 0 saturated heterocycles. The summed E-state index contributed by atoms with van der Waals surface area (Å²) in [5, 5.41) is 0. The van der Waals surface area contributed by atoms with Crippen LogP contribution in [0.1, 0.15) is 27.7 Å². The Morgan fingerprint density at radius 3 is 2.00 bits per heavy atom. The molecule has 0 aromatic carbocycles. The second-order valence-corrected chi connectivity index (χ2v) is 4.45. The Morgan fingerprint density at radius 1 is 1.06 bits per heavy atom. The second-order valence-electron chi connectivity index (χ2n) is 4.45. The minimum absolute atomic E-state index is 0.306. The maximum Gasteiger partial charge on any atom is 0.331 e. The van der Waals surface area contributed by atoms with Gasteiger partial charge in [0.15, 0.2) is 0 Å². The molecule has 0 spiro atoms. The number of carbonyl (C=O) groups is 2. The molecule has 0 aromatic heterocycles. The molecular formula is C13H23NO4. The third-order valence-electron chi connectivity index (χ3n) is 2.48. The van der Waals surface area contributed by atoms with Crippen LogP contribution in [-0.4, -0.2) is 49.2 Å². The van der Waals surface area contributed by atoms with Gasteiger partial charge in [-0.25, -0.2) is 9.59 Å². The molecule has 0 fully saturated rings. The van der Waals surface area contributed by atoms with Crippen molar-refractivity contribution in [3.8, 4) is 0 Å². The van der Waals surface area contributed by atoms with E-state index in [0.717, 1.165) is 12.2 Å². The van der Waals surface area contributed by atoms with Crippen molar-refractivity contribution in [3.05, 3.63) is 12.2 Å². The molecule has 0 heterocycles. The molecule has 0 aliphatic rings. The summed E-state index contributed by atoms with van der Waals surface area (Å²) in [6.07, 6.45) is 2.12. The molecule has 0 bridgehead atoms. The van der Waals surface area contributed by atoms with Gasteiger partial charge < -0.3 is 9.47 Å². The van der Waals surface area contributed by atoms with E-state index >= 15 is 0 Å². The van der Waals surface area contributed by atoms with E-state index < -0.39 is 11.9 Å². The Bertz CT molecular complexity index is 289. The first kappa shape index (κ1) is 16.6. The van der Waals surface area contributed by atoms with Crippen LogP contribution >= 0.6 is 0 Å². The SMILES string of the molecule is COC(=O)/C=C/C(=O)OCCN(C(C)C)C(C)C. The summed E-state index contributed by atoms with van der Waals surface area (Å²) in [7, 11) is 1.25. The third kappa shape index (κ3) is 7.06. The first-order valence-electron chi connectivity index (χ1n) is 6.07. The van der Waals surface area contributed by atoms with E-state index in [-0.39, 0.29) is 0 Å². The van der Waals surface area contributed by atoms with E-state index in [9.17, 15) is 9.59 Å². The minimum atomic E-state index is -0.571. The molecule has 104 valence electrons. The van der Waals surface area contributed by atoms with E-state index in [2.05, 4.69) is 37.3 Å². The van der Waals surface area contributed by atoms with Crippen LogP contribution in [0.15, 0.2) is 12.2 Å². The molecule has 0 aliphatic heterocycles. The Morgan fingerprint density at radius 2 is 1.56 bits per heavy atom. The molecule has 0 rings (SSSR count). The van der Waals surface area contributed by atoms with Crippen LogP contribution in [0.2, 0.25) is 0 Å². The molecule has 0 unspecified atom stereocenters. The Balaban J connectivity index is 4.00. The number of ether oxygens (including phenoxy) is 2. The second kappa shape index (κ2) is 8.69. The lowest BCUT2D eigenvalue weighted by Crippen LogP contribution is -2.39. The highest BCUT2D eigenvalue weighted by atomic mass is 16.5. The van der Waals surface area contributed by atoms with Gasteiger partial charge in [0.2, 0.25) is 0 Å². The van der Waals surface area contributed by atoms with Crippen LogP contribution < -0.4 is 0 Å². The Labute approximate surface area is 109 Å². The molecule has 0 amide bonds. The number of esters is 2. The number of nitrogens with zero attached hydrogens (tertiary/aromatic N) is 1. The van der Waals surface area contributed by atoms with Crippen molar-refractivity contribution in [2.45, 2.75) is 39.8 Å². The predicted molar refractivity (Wildman–Crippen MR) is 69.1 cm³/mol. The van der Waals surface area contributed by atoms with Gasteiger partial charge in [-0.2, -0.15) is 0 Å². The van der Waals surface area contributed by atoms with Crippen LogP contribution in [0.4, 0.5) is 0 Å². The fourth-order valence-electron chi connectivity index (χ4n) is 1.62. The largest absolute Gasteiger partial charge is 0.466 e. The Kier molecular flexibility index (Phi) is 8.03. The van der Waals surface area contributed by atoms with Gasteiger partial charge in [-0.15, -0.1) is 0 Å². The van der Waals surface area contributed by atoms with Crippen LogP contribution in [0.3, 0.4) is 0 Å². The smallest absolute Gasteiger partial charge is 0.331 e. The maximum absolute atomic E-state index is 11.2. The molecule has 0 aliphatic carbocycles. The normalized spacial score (nSPS) is 11.6. The summed E-state index contributed by atoms with van der Waals surface area (Å²) in [6.45, 7) is 9.36. The molecule has 0 N–H and O–H groups in total. The molecule has 0 radical (unpaired) electrons. The van der Waals surface area contributed by atoms with Crippen LogP contribution in [-0.2, 0) is 19.1 Å². The maximum atomic E-state index is 11.2.